The minimum atomic E-state index is -0.401. The Kier molecular flexibility index (Phi) is 5.86. The number of anilines is 2. The standard InChI is InChI=1S/C21H23N3O3/c1-14(25)22-19(15-6-3-2-4-7-15)13-20(26)23-17-8-5-9-18(12-17)24-21(27)16-10-11-16/h2-9,12,16,19H,10-11,13H2,1H3,(H,22,25)(H,23,26)(H,24,27). The van der Waals surface area contributed by atoms with E-state index >= 15 is 0 Å². The average molecular weight is 365 g/mol. The van der Waals surface area contributed by atoms with E-state index in [0.717, 1.165) is 18.4 Å². The van der Waals surface area contributed by atoms with Gasteiger partial charge in [-0.15, -0.1) is 0 Å². The molecule has 27 heavy (non-hydrogen) atoms. The molecule has 0 bridgehead atoms. The lowest BCUT2D eigenvalue weighted by atomic mass is 10.0. The Balaban J connectivity index is 1.63. The van der Waals surface area contributed by atoms with Crippen LogP contribution in [0, 0.1) is 5.92 Å². The van der Waals surface area contributed by atoms with Crippen LogP contribution in [-0.4, -0.2) is 17.7 Å². The minimum Gasteiger partial charge on any atom is -0.349 e. The maximum Gasteiger partial charge on any atom is 0.227 e. The molecule has 2 aromatic carbocycles. The van der Waals surface area contributed by atoms with Gasteiger partial charge in [-0.3, -0.25) is 14.4 Å². The summed E-state index contributed by atoms with van der Waals surface area (Å²) in [4.78, 5) is 35.8. The van der Waals surface area contributed by atoms with Gasteiger partial charge in [-0.05, 0) is 36.6 Å². The summed E-state index contributed by atoms with van der Waals surface area (Å²) < 4.78 is 0. The van der Waals surface area contributed by atoms with E-state index in [2.05, 4.69) is 16.0 Å². The highest BCUT2D eigenvalue weighted by atomic mass is 16.2. The first-order valence-electron chi connectivity index (χ1n) is 9.04. The van der Waals surface area contributed by atoms with Crippen molar-refractivity contribution in [3.63, 3.8) is 0 Å². The van der Waals surface area contributed by atoms with Crippen molar-refractivity contribution >= 4 is 29.1 Å². The largest absolute Gasteiger partial charge is 0.349 e. The van der Waals surface area contributed by atoms with E-state index in [4.69, 9.17) is 0 Å². The Hall–Kier alpha value is -3.15. The molecule has 0 heterocycles. The van der Waals surface area contributed by atoms with Gasteiger partial charge in [-0.1, -0.05) is 36.4 Å². The van der Waals surface area contributed by atoms with Crippen LogP contribution in [-0.2, 0) is 14.4 Å². The molecule has 140 valence electrons. The van der Waals surface area contributed by atoms with E-state index in [9.17, 15) is 14.4 Å². The number of carbonyl (C=O) groups excluding carboxylic acids is 3. The first kappa shape index (κ1) is 18.6. The van der Waals surface area contributed by atoms with Crippen molar-refractivity contribution in [3.05, 3.63) is 60.2 Å². The van der Waals surface area contributed by atoms with Crippen molar-refractivity contribution in [2.45, 2.75) is 32.2 Å². The second-order valence-corrected chi connectivity index (χ2v) is 6.76. The van der Waals surface area contributed by atoms with Gasteiger partial charge in [0.1, 0.15) is 0 Å². The molecule has 0 aromatic heterocycles. The van der Waals surface area contributed by atoms with Crippen LogP contribution in [0.3, 0.4) is 0 Å². The van der Waals surface area contributed by atoms with Crippen LogP contribution >= 0.6 is 0 Å². The maximum atomic E-state index is 12.5. The van der Waals surface area contributed by atoms with E-state index in [-0.39, 0.29) is 30.1 Å². The number of amides is 3. The van der Waals surface area contributed by atoms with Crippen molar-refractivity contribution in [3.8, 4) is 0 Å². The third-order valence-corrected chi connectivity index (χ3v) is 4.33. The molecular formula is C21H23N3O3. The van der Waals surface area contributed by atoms with Crippen molar-refractivity contribution in [2.24, 2.45) is 5.92 Å². The minimum absolute atomic E-state index is 0.0216. The molecule has 0 aliphatic heterocycles. The second-order valence-electron chi connectivity index (χ2n) is 6.76. The van der Waals surface area contributed by atoms with Gasteiger partial charge in [0.05, 0.1) is 12.5 Å². The van der Waals surface area contributed by atoms with Crippen molar-refractivity contribution in [1.82, 2.24) is 5.32 Å². The highest BCUT2D eigenvalue weighted by molar-refractivity contribution is 5.96. The van der Waals surface area contributed by atoms with E-state index in [0.29, 0.717) is 11.4 Å². The fraction of sp³-hybridized carbons (Fsp3) is 0.286. The molecule has 1 aliphatic rings. The van der Waals surface area contributed by atoms with Crippen LogP contribution in [0.4, 0.5) is 11.4 Å². The summed E-state index contributed by atoms with van der Waals surface area (Å²) in [7, 11) is 0. The molecule has 0 saturated heterocycles. The number of carbonyl (C=O) groups is 3. The number of nitrogens with one attached hydrogen (secondary N) is 3. The Bertz CT molecular complexity index is 832. The van der Waals surface area contributed by atoms with Crippen molar-refractivity contribution in [1.29, 1.82) is 0 Å². The summed E-state index contributed by atoms with van der Waals surface area (Å²) in [5.41, 5.74) is 2.13. The maximum absolute atomic E-state index is 12.5. The topological polar surface area (TPSA) is 87.3 Å². The zero-order valence-electron chi connectivity index (χ0n) is 15.2. The Labute approximate surface area is 158 Å². The molecule has 2 aromatic rings. The zero-order chi connectivity index (χ0) is 19.2. The third kappa shape index (κ3) is 5.67. The van der Waals surface area contributed by atoms with Crippen LogP contribution in [0.5, 0.6) is 0 Å². The summed E-state index contributed by atoms with van der Waals surface area (Å²) in [6.07, 6.45) is 1.99. The lowest BCUT2D eigenvalue weighted by Gasteiger charge is -2.18. The van der Waals surface area contributed by atoms with E-state index < -0.39 is 6.04 Å². The first-order valence-corrected chi connectivity index (χ1v) is 9.04. The van der Waals surface area contributed by atoms with E-state index in [1.54, 1.807) is 24.3 Å². The van der Waals surface area contributed by atoms with Gasteiger partial charge < -0.3 is 16.0 Å². The van der Waals surface area contributed by atoms with Gasteiger partial charge >= 0.3 is 0 Å². The van der Waals surface area contributed by atoms with Crippen LogP contribution < -0.4 is 16.0 Å². The van der Waals surface area contributed by atoms with E-state index in [1.807, 2.05) is 30.3 Å². The van der Waals surface area contributed by atoms with Gasteiger partial charge in [-0.2, -0.15) is 0 Å². The quantitative estimate of drug-likeness (QED) is 0.704. The summed E-state index contributed by atoms with van der Waals surface area (Å²) in [5.74, 6) is -0.273. The predicted molar refractivity (Wildman–Crippen MR) is 104 cm³/mol. The SMILES string of the molecule is CC(=O)NC(CC(=O)Nc1cccc(NC(=O)C2CC2)c1)c1ccccc1. The molecule has 6 nitrogen and oxygen atoms in total. The first-order chi connectivity index (χ1) is 13.0. The zero-order valence-corrected chi connectivity index (χ0v) is 15.2. The molecule has 3 amide bonds. The number of hydrogen-bond acceptors (Lipinski definition) is 3. The van der Waals surface area contributed by atoms with Crippen LogP contribution in [0.15, 0.2) is 54.6 Å². The summed E-state index contributed by atoms with van der Waals surface area (Å²) >= 11 is 0. The van der Waals surface area contributed by atoms with Gasteiger partial charge in [-0.25, -0.2) is 0 Å². The Morgan fingerprint density at radius 2 is 1.63 bits per heavy atom. The molecule has 0 spiro atoms. The Morgan fingerprint density at radius 3 is 2.26 bits per heavy atom. The van der Waals surface area contributed by atoms with Crippen LogP contribution in [0.2, 0.25) is 0 Å². The fourth-order valence-corrected chi connectivity index (χ4v) is 2.84. The van der Waals surface area contributed by atoms with E-state index in [1.165, 1.54) is 6.92 Å². The van der Waals surface area contributed by atoms with Crippen molar-refractivity contribution in [2.75, 3.05) is 10.6 Å². The van der Waals surface area contributed by atoms with Crippen LogP contribution in [0.25, 0.3) is 0 Å². The van der Waals surface area contributed by atoms with Gasteiger partial charge in [0.15, 0.2) is 0 Å². The molecule has 0 radical (unpaired) electrons. The molecule has 1 saturated carbocycles. The number of rotatable bonds is 7. The lowest BCUT2D eigenvalue weighted by molar-refractivity contribution is -0.120. The van der Waals surface area contributed by atoms with Crippen LogP contribution in [0.1, 0.15) is 37.8 Å². The highest BCUT2D eigenvalue weighted by Gasteiger charge is 2.29. The predicted octanol–water partition coefficient (Wildman–Crippen LogP) is 3.24. The molecule has 1 atom stereocenters. The van der Waals surface area contributed by atoms with Gasteiger partial charge in [0, 0.05) is 24.2 Å². The molecule has 1 fully saturated rings. The summed E-state index contributed by atoms with van der Waals surface area (Å²) in [5, 5.41) is 8.51. The number of benzene rings is 2. The molecule has 3 rings (SSSR count). The molecular weight excluding hydrogens is 342 g/mol. The summed E-state index contributed by atoms with van der Waals surface area (Å²) in [6.45, 7) is 1.43. The lowest BCUT2D eigenvalue weighted by Crippen LogP contribution is -2.29. The molecule has 1 aliphatic carbocycles. The average Bonchev–Trinajstić information content (AvgIpc) is 3.47. The number of hydrogen-bond donors (Lipinski definition) is 3. The molecule has 6 heteroatoms. The van der Waals surface area contributed by atoms with Gasteiger partial charge in [0.25, 0.3) is 0 Å². The molecule has 3 N–H and O–H groups in total. The normalized spacial score (nSPS) is 14.1. The van der Waals surface area contributed by atoms with Gasteiger partial charge in [0.2, 0.25) is 17.7 Å². The second kappa shape index (κ2) is 8.49. The Morgan fingerprint density at radius 1 is 0.963 bits per heavy atom. The monoisotopic (exact) mass is 365 g/mol. The highest BCUT2D eigenvalue weighted by Crippen LogP contribution is 2.30. The molecule has 1 unspecified atom stereocenters. The smallest absolute Gasteiger partial charge is 0.227 e. The van der Waals surface area contributed by atoms with Crippen molar-refractivity contribution < 1.29 is 14.4 Å². The summed E-state index contributed by atoms with van der Waals surface area (Å²) in [6, 6.07) is 16.0. The fourth-order valence-electron chi connectivity index (χ4n) is 2.84. The third-order valence-electron chi connectivity index (χ3n) is 4.33.